The van der Waals surface area contributed by atoms with Gasteiger partial charge in [-0.15, -0.1) is 0 Å². The van der Waals surface area contributed by atoms with Crippen LogP contribution in [0.25, 0.3) is 5.82 Å². The minimum Gasteiger partial charge on any atom is -0.368 e. The van der Waals surface area contributed by atoms with Gasteiger partial charge in [-0.3, -0.25) is 9.36 Å². The first-order chi connectivity index (χ1) is 13.0. The molecule has 1 aromatic carbocycles. The van der Waals surface area contributed by atoms with Crippen LogP contribution in [0.1, 0.15) is 11.4 Å². The third kappa shape index (κ3) is 4.84. The molecule has 2 heterocycles. The zero-order valence-electron chi connectivity index (χ0n) is 14.6. The van der Waals surface area contributed by atoms with Gasteiger partial charge in [0.1, 0.15) is 35.4 Å². The molecule has 2 aromatic heterocycles. The molecule has 0 atom stereocenters. The molecule has 0 saturated heterocycles. The lowest BCUT2D eigenvalue weighted by Crippen LogP contribution is -2.30. The lowest BCUT2D eigenvalue weighted by Gasteiger charge is -2.09. The predicted octanol–water partition coefficient (Wildman–Crippen LogP) is 2.02. The van der Waals surface area contributed by atoms with Crippen molar-refractivity contribution in [1.82, 2.24) is 24.8 Å². The van der Waals surface area contributed by atoms with E-state index < -0.39 is 11.6 Å². The van der Waals surface area contributed by atoms with Crippen molar-refractivity contribution in [2.75, 3.05) is 18.4 Å². The van der Waals surface area contributed by atoms with Crippen molar-refractivity contribution in [2.45, 2.75) is 13.3 Å². The Balaban J connectivity index is 1.47. The average molecular weight is 372 g/mol. The van der Waals surface area contributed by atoms with Gasteiger partial charge in [0.25, 0.3) is 0 Å². The molecule has 3 aromatic rings. The van der Waals surface area contributed by atoms with E-state index >= 15 is 0 Å². The molecule has 0 aliphatic carbocycles. The van der Waals surface area contributed by atoms with E-state index in [1.807, 2.05) is 11.5 Å². The molecule has 3 rings (SSSR count). The molecule has 140 valence electrons. The molecule has 0 saturated carbocycles. The molecule has 9 heteroatoms. The molecule has 0 aliphatic heterocycles. The normalized spacial score (nSPS) is 10.6. The maximum atomic E-state index is 13.6. The number of halogens is 2. The van der Waals surface area contributed by atoms with Crippen LogP contribution in [0.15, 0.2) is 43.0 Å². The number of rotatable bonds is 7. The number of hydrogen-bond acceptors (Lipinski definition) is 5. The number of carbonyl (C=O) groups is 1. The summed E-state index contributed by atoms with van der Waals surface area (Å²) in [5, 5.41) is 5.76. The van der Waals surface area contributed by atoms with Gasteiger partial charge in [0.05, 0.1) is 6.42 Å². The highest BCUT2D eigenvalue weighted by Gasteiger charge is 2.09. The highest BCUT2D eigenvalue weighted by atomic mass is 19.1. The van der Waals surface area contributed by atoms with Gasteiger partial charge in [0.15, 0.2) is 0 Å². The van der Waals surface area contributed by atoms with Crippen LogP contribution in [0.5, 0.6) is 0 Å². The first kappa shape index (κ1) is 18.4. The molecule has 0 spiro atoms. The predicted molar refractivity (Wildman–Crippen MR) is 95.5 cm³/mol. The van der Waals surface area contributed by atoms with Crippen molar-refractivity contribution < 1.29 is 13.6 Å². The van der Waals surface area contributed by atoms with Gasteiger partial charge >= 0.3 is 0 Å². The maximum Gasteiger partial charge on any atom is 0.224 e. The van der Waals surface area contributed by atoms with E-state index in [1.54, 1.807) is 18.5 Å². The second kappa shape index (κ2) is 8.35. The molecule has 0 radical (unpaired) electrons. The van der Waals surface area contributed by atoms with Crippen LogP contribution in [0.4, 0.5) is 14.6 Å². The van der Waals surface area contributed by atoms with Gasteiger partial charge in [-0.1, -0.05) is 6.07 Å². The summed E-state index contributed by atoms with van der Waals surface area (Å²) in [6.07, 6.45) is 4.77. The molecule has 0 unspecified atom stereocenters. The Labute approximate surface area is 154 Å². The van der Waals surface area contributed by atoms with E-state index in [1.165, 1.54) is 12.4 Å². The van der Waals surface area contributed by atoms with Crippen molar-refractivity contribution in [3.8, 4) is 5.82 Å². The van der Waals surface area contributed by atoms with Crippen LogP contribution in [0, 0.1) is 18.6 Å². The van der Waals surface area contributed by atoms with Crippen molar-refractivity contribution in [2.24, 2.45) is 0 Å². The summed E-state index contributed by atoms with van der Waals surface area (Å²) in [6, 6.07) is 4.92. The Morgan fingerprint density at radius 1 is 1.15 bits per heavy atom. The number of nitrogens with one attached hydrogen (secondary N) is 2. The first-order valence-corrected chi connectivity index (χ1v) is 8.30. The fourth-order valence-electron chi connectivity index (χ4n) is 2.49. The number of amides is 1. The van der Waals surface area contributed by atoms with Gasteiger partial charge in [-0.25, -0.2) is 23.7 Å². The lowest BCUT2D eigenvalue weighted by atomic mass is 10.1. The van der Waals surface area contributed by atoms with Gasteiger partial charge in [-0.2, -0.15) is 0 Å². The molecule has 7 nitrogen and oxygen atoms in total. The van der Waals surface area contributed by atoms with Crippen molar-refractivity contribution >= 4 is 11.7 Å². The van der Waals surface area contributed by atoms with Gasteiger partial charge in [0, 0.05) is 37.6 Å². The second-order valence-electron chi connectivity index (χ2n) is 5.80. The van der Waals surface area contributed by atoms with Crippen LogP contribution in [-0.2, 0) is 11.2 Å². The fraction of sp³-hybridized carbons (Fsp3) is 0.222. The van der Waals surface area contributed by atoms with Crippen LogP contribution < -0.4 is 10.6 Å². The fourth-order valence-corrected chi connectivity index (χ4v) is 2.49. The summed E-state index contributed by atoms with van der Waals surface area (Å²) in [7, 11) is 0. The first-order valence-electron chi connectivity index (χ1n) is 8.30. The number of carbonyl (C=O) groups excluding carboxylic acids is 1. The smallest absolute Gasteiger partial charge is 0.224 e. The van der Waals surface area contributed by atoms with E-state index in [2.05, 4.69) is 25.6 Å². The highest BCUT2D eigenvalue weighted by Crippen LogP contribution is 2.11. The van der Waals surface area contributed by atoms with Crippen LogP contribution in [-0.4, -0.2) is 38.5 Å². The zero-order valence-corrected chi connectivity index (χ0v) is 14.6. The zero-order chi connectivity index (χ0) is 19.2. The standard InChI is InChI=1S/C18H18F2N6O/c1-12-21-6-7-26(12)17-10-16(24-11-25-17)22-4-5-23-18(27)8-13-2-3-14(19)9-15(13)20/h2-3,6-7,9-11H,4-5,8H2,1H3,(H,23,27)(H,22,24,25). The number of nitrogens with zero attached hydrogens (tertiary/aromatic N) is 4. The van der Waals surface area contributed by atoms with E-state index in [4.69, 9.17) is 0 Å². The summed E-state index contributed by atoms with van der Waals surface area (Å²) in [6.45, 7) is 2.62. The van der Waals surface area contributed by atoms with E-state index in [-0.39, 0.29) is 17.9 Å². The van der Waals surface area contributed by atoms with Crippen LogP contribution in [0.2, 0.25) is 0 Å². The quantitative estimate of drug-likeness (QED) is 0.620. The maximum absolute atomic E-state index is 13.6. The molecule has 27 heavy (non-hydrogen) atoms. The van der Waals surface area contributed by atoms with E-state index in [9.17, 15) is 13.6 Å². The van der Waals surface area contributed by atoms with Crippen molar-refractivity contribution in [1.29, 1.82) is 0 Å². The van der Waals surface area contributed by atoms with E-state index in [0.29, 0.717) is 24.7 Å². The summed E-state index contributed by atoms with van der Waals surface area (Å²) >= 11 is 0. The summed E-state index contributed by atoms with van der Waals surface area (Å²) in [4.78, 5) is 24.4. The Kier molecular flexibility index (Phi) is 5.70. The average Bonchev–Trinajstić information content (AvgIpc) is 3.07. The van der Waals surface area contributed by atoms with E-state index in [0.717, 1.165) is 18.0 Å². The molecule has 0 fully saturated rings. The largest absolute Gasteiger partial charge is 0.368 e. The summed E-state index contributed by atoms with van der Waals surface area (Å²) < 4.78 is 28.2. The highest BCUT2D eigenvalue weighted by molar-refractivity contribution is 5.78. The number of imidazole rings is 1. The summed E-state index contributed by atoms with van der Waals surface area (Å²) in [5.74, 6) is 0.340. The van der Waals surface area contributed by atoms with Crippen LogP contribution in [0.3, 0.4) is 0 Å². The number of hydrogen-bond donors (Lipinski definition) is 2. The van der Waals surface area contributed by atoms with Gasteiger partial charge < -0.3 is 10.6 Å². The molecule has 0 aliphatic rings. The Bertz CT molecular complexity index is 943. The molecular formula is C18H18F2N6O. The summed E-state index contributed by atoms with van der Waals surface area (Å²) in [5.41, 5.74) is 0.151. The lowest BCUT2D eigenvalue weighted by molar-refractivity contribution is -0.120. The Morgan fingerprint density at radius 3 is 2.74 bits per heavy atom. The Hall–Kier alpha value is -3.36. The minimum atomic E-state index is -0.730. The van der Waals surface area contributed by atoms with Crippen molar-refractivity contribution in [3.05, 3.63) is 66.0 Å². The molecule has 0 bridgehead atoms. The number of aromatic nitrogens is 4. The SMILES string of the molecule is Cc1nccn1-c1cc(NCCNC(=O)Cc2ccc(F)cc2F)ncn1. The minimum absolute atomic E-state index is 0.149. The number of benzene rings is 1. The Morgan fingerprint density at radius 2 is 2.00 bits per heavy atom. The topological polar surface area (TPSA) is 84.7 Å². The van der Waals surface area contributed by atoms with Gasteiger partial charge in [-0.05, 0) is 18.6 Å². The third-order valence-electron chi connectivity index (χ3n) is 3.84. The second-order valence-corrected chi connectivity index (χ2v) is 5.80. The number of aryl methyl sites for hydroxylation is 1. The molecule has 2 N–H and O–H groups in total. The van der Waals surface area contributed by atoms with Crippen LogP contribution >= 0.6 is 0 Å². The monoisotopic (exact) mass is 372 g/mol. The molecule has 1 amide bonds. The third-order valence-corrected chi connectivity index (χ3v) is 3.84. The van der Waals surface area contributed by atoms with Crippen molar-refractivity contribution in [3.63, 3.8) is 0 Å². The number of anilines is 1. The molecular weight excluding hydrogens is 354 g/mol. The van der Waals surface area contributed by atoms with Gasteiger partial charge in [0.2, 0.25) is 5.91 Å².